The monoisotopic (exact) mass is 403 g/mol. The number of nitrogens with zero attached hydrogens (tertiary/aromatic N) is 4. The molecule has 0 atom stereocenters. The van der Waals surface area contributed by atoms with Crippen LogP contribution in [0.3, 0.4) is 0 Å². The van der Waals surface area contributed by atoms with Gasteiger partial charge in [-0.3, -0.25) is 5.43 Å². The van der Waals surface area contributed by atoms with Crippen LogP contribution in [0.1, 0.15) is 16.7 Å². The molecule has 2 heterocycles. The second kappa shape index (κ2) is 9.84. The first-order chi connectivity index (χ1) is 14.8. The van der Waals surface area contributed by atoms with E-state index < -0.39 is 0 Å². The van der Waals surface area contributed by atoms with Crippen molar-refractivity contribution in [1.82, 2.24) is 9.97 Å². The first kappa shape index (κ1) is 19.8. The van der Waals surface area contributed by atoms with Crippen LogP contribution in [0, 0.1) is 6.92 Å². The molecular formula is C23H25N5O2. The zero-order valence-corrected chi connectivity index (χ0v) is 17.0. The van der Waals surface area contributed by atoms with Crippen molar-refractivity contribution in [2.24, 2.45) is 5.10 Å². The number of benzene rings is 2. The molecule has 30 heavy (non-hydrogen) atoms. The third-order valence-corrected chi connectivity index (χ3v) is 4.67. The number of nitrogens with one attached hydrogen (secondary N) is 1. The number of hydrogen-bond acceptors (Lipinski definition) is 7. The Kier molecular flexibility index (Phi) is 6.51. The highest BCUT2D eigenvalue weighted by Crippen LogP contribution is 2.21. The van der Waals surface area contributed by atoms with Gasteiger partial charge in [0.2, 0.25) is 0 Å². The summed E-state index contributed by atoms with van der Waals surface area (Å²) in [6, 6.07) is 20.3. The Bertz CT molecular complexity index is 988. The number of aryl methyl sites for hydroxylation is 1. The largest absolute Gasteiger partial charge is 0.458 e. The van der Waals surface area contributed by atoms with E-state index >= 15 is 0 Å². The molecule has 1 fully saturated rings. The van der Waals surface area contributed by atoms with Gasteiger partial charge in [0.05, 0.1) is 19.4 Å². The average molecular weight is 403 g/mol. The topological polar surface area (TPSA) is 71.9 Å². The maximum atomic E-state index is 5.87. The normalized spacial score (nSPS) is 14.1. The summed E-state index contributed by atoms with van der Waals surface area (Å²) in [7, 11) is 0. The average Bonchev–Trinajstić information content (AvgIpc) is 2.79. The van der Waals surface area contributed by atoms with Crippen LogP contribution >= 0.6 is 0 Å². The predicted octanol–water partition coefficient (Wildman–Crippen LogP) is 3.65. The Labute approximate surface area is 176 Å². The van der Waals surface area contributed by atoms with Crippen molar-refractivity contribution < 1.29 is 9.47 Å². The van der Waals surface area contributed by atoms with Gasteiger partial charge in [0, 0.05) is 19.2 Å². The molecule has 0 bridgehead atoms. The number of aromatic nitrogens is 2. The molecule has 1 aliphatic heterocycles. The minimum atomic E-state index is 0.316. The fraction of sp³-hybridized carbons (Fsp3) is 0.261. The lowest BCUT2D eigenvalue weighted by molar-refractivity contribution is 0.122. The van der Waals surface area contributed by atoms with E-state index in [0.717, 1.165) is 30.0 Å². The van der Waals surface area contributed by atoms with Crippen LogP contribution in [0.5, 0.6) is 6.01 Å². The van der Waals surface area contributed by atoms with Gasteiger partial charge in [0.1, 0.15) is 12.4 Å². The van der Waals surface area contributed by atoms with Crippen LogP contribution < -0.4 is 15.1 Å². The van der Waals surface area contributed by atoms with Gasteiger partial charge >= 0.3 is 6.01 Å². The second-order valence-corrected chi connectivity index (χ2v) is 7.05. The molecule has 0 unspecified atom stereocenters. The Balaban J connectivity index is 1.51. The summed E-state index contributed by atoms with van der Waals surface area (Å²) in [5, 5.41) is 4.33. The predicted molar refractivity (Wildman–Crippen MR) is 118 cm³/mol. The minimum Gasteiger partial charge on any atom is -0.458 e. The zero-order valence-electron chi connectivity index (χ0n) is 17.0. The molecule has 0 amide bonds. The van der Waals surface area contributed by atoms with Crippen molar-refractivity contribution in [3.05, 3.63) is 77.4 Å². The van der Waals surface area contributed by atoms with Crippen molar-refractivity contribution in [3.8, 4) is 6.01 Å². The Morgan fingerprint density at radius 3 is 2.70 bits per heavy atom. The summed E-state index contributed by atoms with van der Waals surface area (Å²) < 4.78 is 11.3. The summed E-state index contributed by atoms with van der Waals surface area (Å²) in [6.07, 6.45) is 1.77. The summed E-state index contributed by atoms with van der Waals surface area (Å²) >= 11 is 0. The molecule has 0 aliphatic carbocycles. The van der Waals surface area contributed by atoms with Gasteiger partial charge in [-0.25, -0.2) is 0 Å². The Hall–Kier alpha value is -3.45. The van der Waals surface area contributed by atoms with Crippen LogP contribution in [0.2, 0.25) is 0 Å². The van der Waals surface area contributed by atoms with Gasteiger partial charge in [-0.05, 0) is 18.1 Å². The number of rotatable bonds is 7. The van der Waals surface area contributed by atoms with Crippen molar-refractivity contribution >= 4 is 17.9 Å². The van der Waals surface area contributed by atoms with Crippen LogP contribution in [0.4, 0.5) is 11.6 Å². The van der Waals surface area contributed by atoms with E-state index in [2.05, 4.69) is 44.5 Å². The van der Waals surface area contributed by atoms with E-state index in [4.69, 9.17) is 9.47 Å². The molecule has 154 valence electrons. The lowest BCUT2D eigenvalue weighted by Gasteiger charge is -2.28. The molecule has 0 spiro atoms. The van der Waals surface area contributed by atoms with E-state index in [1.807, 2.05) is 48.5 Å². The lowest BCUT2D eigenvalue weighted by atomic mass is 10.2. The summed E-state index contributed by atoms with van der Waals surface area (Å²) in [4.78, 5) is 11.2. The van der Waals surface area contributed by atoms with Crippen LogP contribution in [0.15, 0.2) is 65.8 Å². The fourth-order valence-electron chi connectivity index (χ4n) is 3.13. The lowest BCUT2D eigenvalue weighted by Crippen LogP contribution is -2.36. The van der Waals surface area contributed by atoms with E-state index in [1.165, 1.54) is 5.56 Å². The van der Waals surface area contributed by atoms with E-state index in [-0.39, 0.29) is 0 Å². The zero-order chi connectivity index (χ0) is 20.6. The molecule has 3 aromatic rings. The van der Waals surface area contributed by atoms with Gasteiger partial charge < -0.3 is 14.4 Å². The third-order valence-electron chi connectivity index (χ3n) is 4.67. The molecule has 7 nitrogen and oxygen atoms in total. The smallest absolute Gasteiger partial charge is 0.320 e. The van der Waals surface area contributed by atoms with Gasteiger partial charge in [0.15, 0.2) is 5.82 Å². The highest BCUT2D eigenvalue weighted by atomic mass is 16.5. The second-order valence-electron chi connectivity index (χ2n) is 7.05. The Morgan fingerprint density at radius 1 is 1.07 bits per heavy atom. The van der Waals surface area contributed by atoms with E-state index in [0.29, 0.717) is 31.6 Å². The van der Waals surface area contributed by atoms with Crippen molar-refractivity contribution in [1.29, 1.82) is 0 Å². The summed E-state index contributed by atoms with van der Waals surface area (Å²) in [6.45, 7) is 5.37. The number of hydrogen-bond donors (Lipinski definition) is 1. The van der Waals surface area contributed by atoms with Gasteiger partial charge in [-0.2, -0.15) is 15.1 Å². The first-order valence-corrected chi connectivity index (χ1v) is 10.0. The molecule has 1 aromatic heterocycles. The van der Waals surface area contributed by atoms with Crippen molar-refractivity contribution in [2.45, 2.75) is 13.5 Å². The van der Waals surface area contributed by atoms with Gasteiger partial charge in [-0.15, -0.1) is 0 Å². The van der Waals surface area contributed by atoms with E-state index in [9.17, 15) is 0 Å². The molecular weight excluding hydrogens is 378 g/mol. The van der Waals surface area contributed by atoms with Crippen LogP contribution in [-0.4, -0.2) is 42.5 Å². The molecule has 4 rings (SSSR count). The maximum absolute atomic E-state index is 5.87. The number of morpholine rings is 1. The minimum absolute atomic E-state index is 0.316. The highest BCUT2D eigenvalue weighted by molar-refractivity contribution is 5.80. The molecule has 7 heteroatoms. The van der Waals surface area contributed by atoms with Gasteiger partial charge in [-0.1, -0.05) is 60.2 Å². The van der Waals surface area contributed by atoms with Gasteiger partial charge in [0.25, 0.3) is 0 Å². The SMILES string of the molecule is Cc1cccc(/C=N/Nc2cc(N3CCOCC3)nc(OCc3ccccc3)n2)c1. The Morgan fingerprint density at radius 2 is 1.90 bits per heavy atom. The molecule has 2 aromatic carbocycles. The third kappa shape index (κ3) is 5.55. The molecule has 1 saturated heterocycles. The first-order valence-electron chi connectivity index (χ1n) is 10.0. The van der Waals surface area contributed by atoms with Crippen molar-refractivity contribution in [3.63, 3.8) is 0 Å². The molecule has 0 radical (unpaired) electrons. The number of hydrazone groups is 1. The number of anilines is 2. The summed E-state index contributed by atoms with van der Waals surface area (Å²) in [5.41, 5.74) is 6.28. The van der Waals surface area contributed by atoms with E-state index in [1.54, 1.807) is 6.21 Å². The molecule has 0 saturated carbocycles. The molecule has 1 N–H and O–H groups in total. The highest BCUT2D eigenvalue weighted by Gasteiger charge is 2.15. The summed E-state index contributed by atoms with van der Waals surface area (Å²) in [5.74, 6) is 1.38. The molecule has 1 aliphatic rings. The quantitative estimate of drug-likeness (QED) is 0.480. The van der Waals surface area contributed by atoms with Crippen LogP contribution in [-0.2, 0) is 11.3 Å². The fourth-order valence-corrected chi connectivity index (χ4v) is 3.13. The maximum Gasteiger partial charge on any atom is 0.320 e. The standard InChI is InChI=1S/C23H25N5O2/c1-18-6-5-9-20(14-18)16-24-27-21-15-22(28-10-12-29-13-11-28)26-23(25-21)30-17-19-7-3-2-4-8-19/h2-9,14-16H,10-13,17H2,1H3,(H,25,26,27)/b24-16+. The van der Waals surface area contributed by atoms with Crippen molar-refractivity contribution in [2.75, 3.05) is 36.6 Å². The number of ether oxygens (including phenoxy) is 2. The van der Waals surface area contributed by atoms with Crippen LogP contribution in [0.25, 0.3) is 0 Å².